The van der Waals surface area contributed by atoms with E-state index in [1.807, 2.05) is 44.2 Å². The van der Waals surface area contributed by atoms with E-state index in [1.54, 1.807) is 13.8 Å². The Hall–Kier alpha value is -3.00. The zero-order valence-corrected chi connectivity index (χ0v) is 16.9. The van der Waals surface area contributed by atoms with Crippen LogP contribution in [0.15, 0.2) is 34.9 Å². The van der Waals surface area contributed by atoms with Crippen molar-refractivity contribution in [3.05, 3.63) is 52.2 Å². The van der Waals surface area contributed by atoms with Crippen molar-refractivity contribution in [1.29, 1.82) is 0 Å². The van der Waals surface area contributed by atoms with Crippen molar-refractivity contribution in [3.63, 3.8) is 0 Å². The number of rotatable bonds is 6. The van der Waals surface area contributed by atoms with Crippen LogP contribution >= 0.6 is 11.3 Å². The molecule has 2 aromatic heterocycles. The lowest BCUT2D eigenvalue weighted by molar-refractivity contribution is 0.0532. The Kier molecular flexibility index (Phi) is 5.89. The minimum Gasteiger partial charge on any atom is -0.462 e. The standard InChI is InChI=1S/C20H21N3O4S/c1-5-26-19(25)17-15(13-9-7-6-8-10-13)21-20(28-17)22-18(24)14-12(4)23-27-16(14)11(2)3/h6-11H,5H2,1-4H3,(H,21,22,24). The summed E-state index contributed by atoms with van der Waals surface area (Å²) in [5.41, 5.74) is 2.15. The number of hydrogen-bond acceptors (Lipinski definition) is 7. The number of thiazole rings is 1. The van der Waals surface area contributed by atoms with Crippen molar-refractivity contribution in [2.75, 3.05) is 11.9 Å². The van der Waals surface area contributed by atoms with Crippen LogP contribution in [0.25, 0.3) is 11.3 Å². The molecule has 0 atom stereocenters. The molecular formula is C20H21N3O4S. The number of aryl methyl sites for hydroxylation is 1. The predicted octanol–water partition coefficient (Wildman–Crippen LogP) is 4.66. The molecule has 0 aliphatic rings. The minimum absolute atomic E-state index is 0.00761. The Balaban J connectivity index is 1.96. The summed E-state index contributed by atoms with van der Waals surface area (Å²) in [5, 5.41) is 6.97. The van der Waals surface area contributed by atoms with Crippen LogP contribution in [0.5, 0.6) is 0 Å². The van der Waals surface area contributed by atoms with Crippen LogP contribution in [0, 0.1) is 6.92 Å². The summed E-state index contributed by atoms with van der Waals surface area (Å²) in [6, 6.07) is 9.30. The first kappa shape index (κ1) is 19.8. The van der Waals surface area contributed by atoms with Crippen LogP contribution in [0.3, 0.4) is 0 Å². The maximum absolute atomic E-state index is 12.8. The van der Waals surface area contributed by atoms with E-state index in [0.29, 0.717) is 32.7 Å². The third-order valence-corrected chi connectivity index (χ3v) is 4.95. The van der Waals surface area contributed by atoms with E-state index >= 15 is 0 Å². The van der Waals surface area contributed by atoms with Gasteiger partial charge in [-0.25, -0.2) is 9.78 Å². The molecule has 3 rings (SSSR count). The van der Waals surface area contributed by atoms with Gasteiger partial charge in [0.15, 0.2) is 10.9 Å². The second-order valence-corrected chi connectivity index (χ2v) is 7.40. The van der Waals surface area contributed by atoms with Gasteiger partial charge in [-0.05, 0) is 13.8 Å². The normalized spacial score (nSPS) is 10.9. The molecule has 3 aromatic rings. The third-order valence-electron chi connectivity index (χ3n) is 4.00. The van der Waals surface area contributed by atoms with Gasteiger partial charge < -0.3 is 9.26 Å². The molecule has 0 aliphatic carbocycles. The second-order valence-electron chi connectivity index (χ2n) is 6.40. The molecule has 7 nitrogen and oxygen atoms in total. The molecule has 28 heavy (non-hydrogen) atoms. The number of ether oxygens (including phenoxy) is 1. The number of hydrogen-bond donors (Lipinski definition) is 1. The zero-order valence-electron chi connectivity index (χ0n) is 16.1. The Morgan fingerprint density at radius 3 is 2.61 bits per heavy atom. The maximum Gasteiger partial charge on any atom is 0.350 e. The van der Waals surface area contributed by atoms with Gasteiger partial charge in [0, 0.05) is 11.5 Å². The molecule has 146 valence electrons. The van der Waals surface area contributed by atoms with E-state index in [9.17, 15) is 9.59 Å². The van der Waals surface area contributed by atoms with Gasteiger partial charge in [-0.1, -0.05) is 60.7 Å². The number of esters is 1. The van der Waals surface area contributed by atoms with Gasteiger partial charge >= 0.3 is 5.97 Å². The molecule has 0 radical (unpaired) electrons. The third kappa shape index (κ3) is 3.96. The van der Waals surface area contributed by atoms with Crippen molar-refractivity contribution in [1.82, 2.24) is 10.1 Å². The second kappa shape index (κ2) is 8.35. The highest BCUT2D eigenvalue weighted by molar-refractivity contribution is 7.18. The van der Waals surface area contributed by atoms with E-state index in [1.165, 1.54) is 0 Å². The van der Waals surface area contributed by atoms with E-state index in [0.717, 1.165) is 16.9 Å². The first-order chi connectivity index (χ1) is 13.4. The smallest absolute Gasteiger partial charge is 0.350 e. The van der Waals surface area contributed by atoms with Gasteiger partial charge in [-0.15, -0.1) is 0 Å². The largest absolute Gasteiger partial charge is 0.462 e. The fourth-order valence-corrected chi connectivity index (χ4v) is 3.59. The molecule has 0 aliphatic heterocycles. The van der Waals surface area contributed by atoms with Crippen LogP contribution in [0.2, 0.25) is 0 Å². The molecule has 0 unspecified atom stereocenters. The summed E-state index contributed by atoms with van der Waals surface area (Å²) in [4.78, 5) is 30.0. The molecule has 1 aromatic carbocycles. The first-order valence-electron chi connectivity index (χ1n) is 8.93. The van der Waals surface area contributed by atoms with Crippen LogP contribution < -0.4 is 5.32 Å². The minimum atomic E-state index is -0.469. The summed E-state index contributed by atoms with van der Waals surface area (Å²) in [6.07, 6.45) is 0. The SMILES string of the molecule is CCOC(=O)c1sc(NC(=O)c2c(C)noc2C(C)C)nc1-c1ccccc1. The van der Waals surface area contributed by atoms with E-state index in [2.05, 4.69) is 15.5 Å². The summed E-state index contributed by atoms with van der Waals surface area (Å²) in [5.74, 6) is -0.316. The molecule has 8 heteroatoms. The van der Waals surface area contributed by atoms with E-state index < -0.39 is 5.97 Å². The topological polar surface area (TPSA) is 94.3 Å². The highest BCUT2D eigenvalue weighted by atomic mass is 32.1. The molecule has 0 spiro atoms. The lowest BCUT2D eigenvalue weighted by Crippen LogP contribution is -2.14. The summed E-state index contributed by atoms with van der Waals surface area (Å²) in [6.45, 7) is 7.56. The zero-order chi connectivity index (χ0) is 20.3. The van der Waals surface area contributed by atoms with Crippen LogP contribution in [-0.2, 0) is 4.74 Å². The van der Waals surface area contributed by atoms with Crippen LogP contribution in [-0.4, -0.2) is 28.6 Å². The van der Waals surface area contributed by atoms with Gasteiger partial charge in [0.1, 0.15) is 10.4 Å². The number of anilines is 1. The summed E-state index contributed by atoms with van der Waals surface area (Å²) >= 11 is 1.08. The monoisotopic (exact) mass is 399 g/mol. The van der Waals surface area contributed by atoms with Crippen LogP contribution in [0.1, 0.15) is 58.2 Å². The Morgan fingerprint density at radius 1 is 1.25 bits per heavy atom. The van der Waals surface area contributed by atoms with Gasteiger partial charge in [-0.2, -0.15) is 0 Å². The number of nitrogens with one attached hydrogen (secondary N) is 1. The van der Waals surface area contributed by atoms with Gasteiger partial charge in [-0.3, -0.25) is 10.1 Å². The Morgan fingerprint density at radius 2 is 1.96 bits per heavy atom. The van der Waals surface area contributed by atoms with Crippen LogP contribution in [0.4, 0.5) is 5.13 Å². The molecule has 0 saturated carbocycles. The Labute approximate surface area is 166 Å². The van der Waals surface area contributed by atoms with Crippen molar-refractivity contribution >= 4 is 28.3 Å². The first-order valence-corrected chi connectivity index (χ1v) is 9.74. The van der Waals surface area contributed by atoms with Gasteiger partial charge in [0.25, 0.3) is 5.91 Å². The number of aromatic nitrogens is 2. The average Bonchev–Trinajstić information content (AvgIpc) is 3.26. The van der Waals surface area contributed by atoms with E-state index in [-0.39, 0.29) is 18.4 Å². The number of benzene rings is 1. The van der Waals surface area contributed by atoms with Crippen molar-refractivity contribution < 1.29 is 18.8 Å². The maximum atomic E-state index is 12.8. The molecule has 0 fully saturated rings. The van der Waals surface area contributed by atoms with Gasteiger partial charge in [0.05, 0.1) is 18.0 Å². The number of carbonyl (C=O) groups excluding carboxylic acids is 2. The lowest BCUT2D eigenvalue weighted by atomic mass is 10.0. The van der Waals surface area contributed by atoms with Crippen molar-refractivity contribution in [2.24, 2.45) is 0 Å². The Bertz CT molecular complexity index is 992. The average molecular weight is 399 g/mol. The molecule has 2 heterocycles. The van der Waals surface area contributed by atoms with Crippen molar-refractivity contribution in [2.45, 2.75) is 33.6 Å². The van der Waals surface area contributed by atoms with E-state index in [4.69, 9.17) is 9.26 Å². The quantitative estimate of drug-likeness (QED) is 0.606. The number of amides is 1. The lowest BCUT2D eigenvalue weighted by Gasteiger charge is -2.04. The van der Waals surface area contributed by atoms with Gasteiger partial charge in [0.2, 0.25) is 0 Å². The number of nitrogens with zero attached hydrogens (tertiary/aromatic N) is 2. The number of carbonyl (C=O) groups is 2. The van der Waals surface area contributed by atoms with Crippen molar-refractivity contribution in [3.8, 4) is 11.3 Å². The fourth-order valence-electron chi connectivity index (χ4n) is 2.72. The predicted molar refractivity (Wildman–Crippen MR) is 107 cm³/mol. The highest BCUT2D eigenvalue weighted by Gasteiger charge is 2.25. The highest BCUT2D eigenvalue weighted by Crippen LogP contribution is 2.32. The molecule has 0 bridgehead atoms. The molecule has 1 N–H and O–H groups in total. The molecule has 0 saturated heterocycles. The summed E-state index contributed by atoms with van der Waals surface area (Å²) in [7, 11) is 0. The summed E-state index contributed by atoms with van der Waals surface area (Å²) < 4.78 is 10.4. The molecule has 1 amide bonds. The molecular weight excluding hydrogens is 378 g/mol. The fraction of sp³-hybridized carbons (Fsp3) is 0.300.